The first kappa shape index (κ1) is 25.2. The first-order chi connectivity index (χ1) is 17.9. The van der Waals surface area contributed by atoms with Crippen LogP contribution in [0.25, 0.3) is 22.0 Å². The van der Waals surface area contributed by atoms with E-state index in [0.29, 0.717) is 29.0 Å². The second-order valence-electron chi connectivity index (χ2n) is 8.74. The second-order valence-corrected chi connectivity index (χ2v) is 9.15. The summed E-state index contributed by atoms with van der Waals surface area (Å²) in [6.07, 6.45) is 1.86. The molecule has 2 atom stereocenters. The van der Waals surface area contributed by atoms with Crippen molar-refractivity contribution in [3.8, 4) is 11.1 Å². The normalized spacial score (nSPS) is 16.8. The average Bonchev–Trinajstić information content (AvgIpc) is 2.93. The van der Waals surface area contributed by atoms with Crippen molar-refractivity contribution < 1.29 is 18.3 Å². The minimum atomic E-state index is -2.89. The van der Waals surface area contributed by atoms with Gasteiger partial charge in [-0.05, 0) is 23.8 Å². The van der Waals surface area contributed by atoms with Gasteiger partial charge in [-0.2, -0.15) is 0 Å². The van der Waals surface area contributed by atoms with Crippen LogP contribution in [0.15, 0.2) is 61.1 Å². The van der Waals surface area contributed by atoms with Gasteiger partial charge in [0.2, 0.25) is 5.95 Å². The number of fused-ring (bicyclic) bond motifs is 1. The lowest BCUT2D eigenvalue weighted by atomic mass is 10.0. The molecule has 1 fully saturated rings. The number of alkyl halides is 2. The van der Waals surface area contributed by atoms with Gasteiger partial charge in [-0.3, -0.25) is 4.98 Å². The maximum absolute atomic E-state index is 14.4. The van der Waals surface area contributed by atoms with Crippen molar-refractivity contribution >= 4 is 34.1 Å². The predicted molar refractivity (Wildman–Crippen MR) is 138 cm³/mol. The lowest BCUT2D eigenvalue weighted by Gasteiger charge is -2.32. The molecule has 0 spiro atoms. The molecule has 5 rings (SSSR count). The molecule has 7 nitrogen and oxygen atoms in total. The molecular weight excluding hydrogens is 505 g/mol. The van der Waals surface area contributed by atoms with E-state index < -0.39 is 18.3 Å². The maximum Gasteiger partial charge on any atom is 0.262 e. The molecule has 3 heterocycles. The van der Waals surface area contributed by atoms with E-state index in [-0.39, 0.29) is 28.9 Å². The molecule has 1 saturated heterocycles. The molecule has 1 unspecified atom stereocenters. The number of aromatic nitrogens is 3. The standard InChI is InChI=1S/C26H24ClF3N6O/c27-20-12-32-22-6-5-15(16-10-33-26(34-11-16)36-8-7-31-17(13-36)14-37)9-19(22)23(20)35-24(25(29)30)18-3-1-2-4-21(18)28/h1-6,9-12,17,24-25,31,37H,7-8,13-14H2,(H,32,35)/t17?,24-/m0/s1. The van der Waals surface area contributed by atoms with Crippen molar-refractivity contribution in [3.05, 3.63) is 77.5 Å². The van der Waals surface area contributed by atoms with Crippen molar-refractivity contribution in [3.63, 3.8) is 0 Å². The highest BCUT2D eigenvalue weighted by Crippen LogP contribution is 2.37. The third-order valence-corrected chi connectivity index (χ3v) is 6.63. The Morgan fingerprint density at radius 1 is 1.08 bits per heavy atom. The number of rotatable bonds is 7. The van der Waals surface area contributed by atoms with Crippen LogP contribution >= 0.6 is 11.6 Å². The van der Waals surface area contributed by atoms with Gasteiger partial charge in [0.25, 0.3) is 6.43 Å². The van der Waals surface area contributed by atoms with E-state index in [1.54, 1.807) is 24.5 Å². The quantitative estimate of drug-likeness (QED) is 0.321. The Morgan fingerprint density at radius 3 is 2.59 bits per heavy atom. The average molecular weight is 529 g/mol. The zero-order chi connectivity index (χ0) is 25.9. The maximum atomic E-state index is 14.4. The van der Waals surface area contributed by atoms with Gasteiger partial charge in [0.05, 0.1) is 22.8 Å². The van der Waals surface area contributed by atoms with Gasteiger partial charge in [-0.15, -0.1) is 0 Å². The number of anilines is 2. The van der Waals surface area contributed by atoms with E-state index in [2.05, 4.69) is 25.6 Å². The third-order valence-electron chi connectivity index (χ3n) is 6.34. The minimum absolute atomic E-state index is 0.0297. The Balaban J connectivity index is 1.48. The number of hydrogen-bond acceptors (Lipinski definition) is 7. The molecule has 2 aromatic carbocycles. The lowest BCUT2D eigenvalue weighted by Crippen LogP contribution is -2.52. The number of aliphatic hydroxyl groups is 1. The van der Waals surface area contributed by atoms with Crippen LogP contribution in [0.1, 0.15) is 11.6 Å². The molecule has 1 aliphatic rings. The van der Waals surface area contributed by atoms with Gasteiger partial charge in [0.1, 0.15) is 11.9 Å². The fourth-order valence-corrected chi connectivity index (χ4v) is 4.62. The molecule has 0 radical (unpaired) electrons. The Hall–Kier alpha value is -3.47. The van der Waals surface area contributed by atoms with Crippen molar-refractivity contribution in [1.82, 2.24) is 20.3 Å². The van der Waals surface area contributed by atoms with Crippen LogP contribution in [-0.2, 0) is 0 Å². The first-order valence-electron chi connectivity index (χ1n) is 11.7. The topological polar surface area (TPSA) is 86.2 Å². The highest BCUT2D eigenvalue weighted by Gasteiger charge is 2.27. The Morgan fingerprint density at radius 2 is 1.86 bits per heavy atom. The van der Waals surface area contributed by atoms with E-state index >= 15 is 0 Å². The molecule has 4 aromatic rings. The van der Waals surface area contributed by atoms with E-state index in [4.69, 9.17) is 11.6 Å². The monoisotopic (exact) mass is 528 g/mol. The molecule has 1 aliphatic heterocycles. The zero-order valence-corrected chi connectivity index (χ0v) is 20.3. The summed E-state index contributed by atoms with van der Waals surface area (Å²) in [5, 5.41) is 16.1. The molecule has 0 amide bonds. The third kappa shape index (κ3) is 5.31. The van der Waals surface area contributed by atoms with Gasteiger partial charge in [-0.1, -0.05) is 35.9 Å². The van der Waals surface area contributed by atoms with Crippen molar-refractivity contribution in [2.45, 2.75) is 18.5 Å². The number of aliphatic hydroxyl groups excluding tert-OH is 1. The van der Waals surface area contributed by atoms with Gasteiger partial charge in [0.15, 0.2) is 0 Å². The zero-order valence-electron chi connectivity index (χ0n) is 19.6. The molecule has 0 bridgehead atoms. The van der Waals surface area contributed by atoms with Crippen LogP contribution in [0, 0.1) is 5.82 Å². The Labute approximate surface area is 216 Å². The van der Waals surface area contributed by atoms with E-state index in [1.807, 2.05) is 11.0 Å². The lowest BCUT2D eigenvalue weighted by molar-refractivity contribution is 0.123. The van der Waals surface area contributed by atoms with Gasteiger partial charge >= 0.3 is 0 Å². The predicted octanol–water partition coefficient (Wildman–Crippen LogP) is 4.67. The second kappa shape index (κ2) is 10.9. The van der Waals surface area contributed by atoms with Crippen LogP contribution < -0.4 is 15.5 Å². The number of nitrogens with one attached hydrogen (secondary N) is 2. The van der Waals surface area contributed by atoms with Crippen LogP contribution in [0.5, 0.6) is 0 Å². The molecule has 37 heavy (non-hydrogen) atoms. The summed E-state index contributed by atoms with van der Waals surface area (Å²) in [4.78, 5) is 15.3. The fourth-order valence-electron chi connectivity index (χ4n) is 4.42. The van der Waals surface area contributed by atoms with Gasteiger partial charge in [0, 0.05) is 60.8 Å². The van der Waals surface area contributed by atoms with E-state index in [0.717, 1.165) is 24.7 Å². The van der Waals surface area contributed by atoms with Crippen molar-refractivity contribution in [1.29, 1.82) is 0 Å². The number of piperazine rings is 1. The van der Waals surface area contributed by atoms with Gasteiger partial charge in [-0.25, -0.2) is 23.1 Å². The summed E-state index contributed by atoms with van der Waals surface area (Å²) in [6.45, 7) is 2.07. The van der Waals surface area contributed by atoms with Crippen LogP contribution in [-0.4, -0.2) is 58.8 Å². The summed E-state index contributed by atoms with van der Waals surface area (Å²) in [5.74, 6) is -0.177. The molecular formula is C26H24ClF3N6O. The van der Waals surface area contributed by atoms with Crippen molar-refractivity contribution in [2.75, 3.05) is 36.5 Å². The summed E-state index contributed by atoms with van der Waals surface area (Å²) >= 11 is 6.39. The number of pyridine rings is 1. The fraction of sp³-hybridized carbons (Fsp3) is 0.269. The SMILES string of the molecule is OCC1CN(c2ncc(-c3ccc4ncc(Cl)c(N[C@@H](c5ccccc5F)C(F)F)c4c3)cn2)CCN1. The first-order valence-corrected chi connectivity index (χ1v) is 12.1. The number of benzene rings is 2. The minimum Gasteiger partial charge on any atom is -0.395 e. The number of halogens is 4. The highest BCUT2D eigenvalue weighted by atomic mass is 35.5. The molecule has 3 N–H and O–H groups in total. The van der Waals surface area contributed by atoms with Crippen molar-refractivity contribution in [2.24, 2.45) is 0 Å². The number of hydrogen-bond donors (Lipinski definition) is 3. The number of nitrogens with zero attached hydrogens (tertiary/aromatic N) is 4. The summed E-state index contributed by atoms with van der Waals surface area (Å²) < 4.78 is 42.4. The smallest absolute Gasteiger partial charge is 0.262 e. The molecule has 2 aromatic heterocycles. The Kier molecular flexibility index (Phi) is 7.40. The van der Waals surface area contributed by atoms with Gasteiger partial charge < -0.3 is 20.6 Å². The van der Waals surface area contributed by atoms with E-state index in [9.17, 15) is 18.3 Å². The molecule has 11 heteroatoms. The van der Waals surface area contributed by atoms with E-state index in [1.165, 1.54) is 24.4 Å². The van der Waals surface area contributed by atoms with Crippen LogP contribution in [0.3, 0.4) is 0 Å². The highest BCUT2D eigenvalue weighted by molar-refractivity contribution is 6.34. The molecule has 0 aliphatic carbocycles. The summed E-state index contributed by atoms with van der Waals surface area (Å²) in [5.41, 5.74) is 2.06. The molecule has 0 saturated carbocycles. The Bertz CT molecular complexity index is 1390. The molecule has 192 valence electrons. The summed E-state index contributed by atoms with van der Waals surface area (Å²) in [7, 11) is 0. The largest absolute Gasteiger partial charge is 0.395 e. The van der Waals surface area contributed by atoms with Crippen LogP contribution in [0.4, 0.5) is 24.8 Å². The summed E-state index contributed by atoms with van der Waals surface area (Å²) in [6, 6.07) is 9.12. The van der Waals surface area contributed by atoms with Crippen LogP contribution in [0.2, 0.25) is 5.02 Å².